The highest BCUT2D eigenvalue weighted by Gasteiger charge is 2.18. The Labute approximate surface area is 117 Å². The van der Waals surface area contributed by atoms with Crippen LogP contribution < -0.4 is 5.73 Å². The Hall–Kier alpha value is -2.32. The summed E-state index contributed by atoms with van der Waals surface area (Å²) in [7, 11) is 0. The maximum atomic E-state index is 11.1. The molecule has 0 aliphatic heterocycles. The minimum atomic E-state index is -1.12. The molecule has 0 amide bonds. The third-order valence-corrected chi connectivity index (χ3v) is 3.39. The molecule has 1 atom stereocenters. The van der Waals surface area contributed by atoms with Gasteiger partial charge in [0.25, 0.3) is 0 Å². The van der Waals surface area contributed by atoms with E-state index >= 15 is 0 Å². The predicted octanol–water partition coefficient (Wildman–Crippen LogP) is 1.62. The molecule has 4 N–H and O–H groups in total. The Morgan fingerprint density at radius 3 is 2.45 bits per heavy atom. The summed E-state index contributed by atoms with van der Waals surface area (Å²) in [6.07, 6.45) is 0. The number of hydrogen-bond donors (Lipinski definition) is 3. The molecule has 8 heteroatoms. The fourth-order valence-electron chi connectivity index (χ4n) is 1.61. The number of carbonyl (C=O) groups is 2. The minimum absolute atomic E-state index is 0.0266. The third kappa shape index (κ3) is 2.65. The number of rotatable bonds is 4. The molecule has 2 aromatic rings. The monoisotopic (exact) mass is 293 g/mol. The molecule has 2 aromatic heterocycles. The smallest absolute Gasteiger partial charge is 0.355 e. The van der Waals surface area contributed by atoms with E-state index < -0.39 is 18.0 Å². The van der Waals surface area contributed by atoms with Crippen molar-refractivity contribution in [2.75, 3.05) is 0 Å². The zero-order valence-corrected chi connectivity index (χ0v) is 11.2. The standard InChI is InChI=1S/C12H11N3O4S/c1-5(13)9-6(11(16)17)2-3-7(14-9)10-15-8(4-20-10)12(18)19/h2-5H,13H2,1H3,(H,16,17)(H,18,19). The van der Waals surface area contributed by atoms with Crippen LogP contribution in [0.1, 0.15) is 39.5 Å². The molecule has 0 spiro atoms. The van der Waals surface area contributed by atoms with Crippen LogP contribution in [0.3, 0.4) is 0 Å². The number of aromatic carboxylic acids is 2. The number of nitrogens with two attached hydrogens (primary N) is 1. The molecule has 0 saturated carbocycles. The number of aromatic nitrogens is 2. The number of pyridine rings is 1. The summed E-state index contributed by atoms with van der Waals surface area (Å²) in [5, 5.41) is 19.7. The summed E-state index contributed by atoms with van der Waals surface area (Å²) in [6, 6.07) is 2.32. The fraction of sp³-hybridized carbons (Fsp3) is 0.167. The topological polar surface area (TPSA) is 126 Å². The number of carboxylic acid groups (broad SMARTS) is 2. The van der Waals surface area contributed by atoms with Crippen molar-refractivity contribution in [1.82, 2.24) is 9.97 Å². The van der Waals surface area contributed by atoms with Crippen LogP contribution in [0.4, 0.5) is 0 Å². The lowest BCUT2D eigenvalue weighted by Crippen LogP contribution is -2.14. The van der Waals surface area contributed by atoms with Crippen LogP contribution in [0.5, 0.6) is 0 Å². The first-order valence-corrected chi connectivity index (χ1v) is 6.47. The predicted molar refractivity (Wildman–Crippen MR) is 71.9 cm³/mol. The normalized spacial score (nSPS) is 12.1. The van der Waals surface area contributed by atoms with Gasteiger partial charge in [-0.05, 0) is 19.1 Å². The zero-order chi connectivity index (χ0) is 14.9. The summed E-state index contributed by atoms with van der Waals surface area (Å²) in [5.41, 5.74) is 6.31. The molecule has 7 nitrogen and oxygen atoms in total. The van der Waals surface area contributed by atoms with Crippen LogP contribution in [0.15, 0.2) is 17.5 Å². The van der Waals surface area contributed by atoms with Gasteiger partial charge in [0.05, 0.1) is 17.0 Å². The molecule has 20 heavy (non-hydrogen) atoms. The van der Waals surface area contributed by atoms with Crippen molar-refractivity contribution in [3.63, 3.8) is 0 Å². The number of thiazole rings is 1. The van der Waals surface area contributed by atoms with Crippen LogP contribution in [0.25, 0.3) is 10.7 Å². The van der Waals surface area contributed by atoms with Crippen LogP contribution in [-0.2, 0) is 0 Å². The van der Waals surface area contributed by atoms with Crippen molar-refractivity contribution in [1.29, 1.82) is 0 Å². The Morgan fingerprint density at radius 2 is 1.95 bits per heavy atom. The van der Waals surface area contributed by atoms with Crippen molar-refractivity contribution in [3.8, 4) is 10.7 Å². The Morgan fingerprint density at radius 1 is 1.25 bits per heavy atom. The maximum Gasteiger partial charge on any atom is 0.355 e. The molecule has 104 valence electrons. The van der Waals surface area contributed by atoms with E-state index in [1.165, 1.54) is 17.5 Å². The number of carboxylic acids is 2. The molecule has 1 unspecified atom stereocenters. The fourth-order valence-corrected chi connectivity index (χ4v) is 2.37. The lowest BCUT2D eigenvalue weighted by molar-refractivity contribution is 0.0682. The first-order chi connectivity index (χ1) is 9.40. The summed E-state index contributed by atoms with van der Waals surface area (Å²) in [5.74, 6) is -2.23. The molecular weight excluding hydrogens is 282 g/mol. The zero-order valence-electron chi connectivity index (χ0n) is 10.4. The van der Waals surface area contributed by atoms with E-state index in [0.29, 0.717) is 10.7 Å². The average Bonchev–Trinajstić information content (AvgIpc) is 2.87. The Kier molecular flexibility index (Phi) is 3.77. The number of hydrogen-bond acceptors (Lipinski definition) is 6. The second-order valence-corrected chi connectivity index (χ2v) is 4.92. The van der Waals surface area contributed by atoms with Gasteiger partial charge in [0.1, 0.15) is 5.01 Å². The van der Waals surface area contributed by atoms with Crippen LogP contribution >= 0.6 is 11.3 Å². The second-order valence-electron chi connectivity index (χ2n) is 4.07. The van der Waals surface area contributed by atoms with Crippen molar-refractivity contribution in [2.45, 2.75) is 13.0 Å². The van der Waals surface area contributed by atoms with Gasteiger partial charge in [-0.2, -0.15) is 0 Å². The van der Waals surface area contributed by atoms with Gasteiger partial charge in [0, 0.05) is 11.4 Å². The van der Waals surface area contributed by atoms with Gasteiger partial charge < -0.3 is 15.9 Å². The summed E-state index contributed by atoms with van der Waals surface area (Å²) in [4.78, 5) is 30.0. The molecule has 0 aliphatic rings. The minimum Gasteiger partial charge on any atom is -0.478 e. The van der Waals surface area contributed by atoms with Gasteiger partial charge in [-0.25, -0.2) is 19.6 Å². The lowest BCUT2D eigenvalue weighted by atomic mass is 10.1. The van der Waals surface area contributed by atoms with Gasteiger partial charge in [0.2, 0.25) is 0 Å². The van der Waals surface area contributed by atoms with Crippen molar-refractivity contribution in [2.24, 2.45) is 5.73 Å². The Balaban J connectivity index is 2.49. The van der Waals surface area contributed by atoms with E-state index in [9.17, 15) is 9.59 Å². The largest absolute Gasteiger partial charge is 0.478 e. The van der Waals surface area contributed by atoms with E-state index in [-0.39, 0.29) is 17.0 Å². The van der Waals surface area contributed by atoms with Gasteiger partial charge in [-0.1, -0.05) is 0 Å². The highest BCUT2D eigenvalue weighted by atomic mass is 32.1. The van der Waals surface area contributed by atoms with Gasteiger partial charge in [-0.15, -0.1) is 11.3 Å². The van der Waals surface area contributed by atoms with Crippen molar-refractivity contribution < 1.29 is 19.8 Å². The summed E-state index contributed by atoms with van der Waals surface area (Å²) >= 11 is 1.12. The summed E-state index contributed by atoms with van der Waals surface area (Å²) < 4.78 is 0. The molecule has 0 bridgehead atoms. The summed E-state index contributed by atoms with van der Waals surface area (Å²) in [6.45, 7) is 1.63. The first-order valence-electron chi connectivity index (χ1n) is 5.59. The van der Waals surface area contributed by atoms with E-state index in [2.05, 4.69) is 9.97 Å². The van der Waals surface area contributed by atoms with E-state index in [1.54, 1.807) is 6.92 Å². The molecule has 2 heterocycles. The first kappa shape index (κ1) is 14.1. The van der Waals surface area contributed by atoms with Crippen molar-refractivity contribution in [3.05, 3.63) is 34.5 Å². The van der Waals surface area contributed by atoms with Gasteiger partial charge >= 0.3 is 11.9 Å². The molecular formula is C12H11N3O4S. The molecule has 0 aliphatic carbocycles. The SMILES string of the molecule is CC(N)c1nc(-c2nc(C(=O)O)cs2)ccc1C(=O)O. The molecule has 0 fully saturated rings. The second kappa shape index (κ2) is 5.35. The average molecular weight is 293 g/mol. The van der Waals surface area contributed by atoms with Crippen LogP contribution in [-0.4, -0.2) is 32.1 Å². The van der Waals surface area contributed by atoms with E-state index in [0.717, 1.165) is 11.3 Å². The van der Waals surface area contributed by atoms with E-state index in [1.807, 2.05) is 0 Å². The Bertz CT molecular complexity index is 681. The molecule has 2 rings (SSSR count). The molecule has 0 aromatic carbocycles. The molecule has 0 saturated heterocycles. The van der Waals surface area contributed by atoms with E-state index in [4.69, 9.17) is 15.9 Å². The van der Waals surface area contributed by atoms with Gasteiger partial charge in [-0.3, -0.25) is 0 Å². The molecule has 0 radical (unpaired) electrons. The highest BCUT2D eigenvalue weighted by Crippen LogP contribution is 2.25. The van der Waals surface area contributed by atoms with Crippen molar-refractivity contribution >= 4 is 23.3 Å². The third-order valence-electron chi connectivity index (χ3n) is 2.53. The maximum absolute atomic E-state index is 11.1. The van der Waals surface area contributed by atoms with Crippen LogP contribution in [0.2, 0.25) is 0 Å². The lowest BCUT2D eigenvalue weighted by Gasteiger charge is -2.09. The highest BCUT2D eigenvalue weighted by molar-refractivity contribution is 7.13. The quantitative estimate of drug-likeness (QED) is 0.781. The number of nitrogens with zero attached hydrogens (tertiary/aromatic N) is 2. The van der Waals surface area contributed by atoms with Crippen LogP contribution in [0, 0.1) is 0 Å². The van der Waals surface area contributed by atoms with Gasteiger partial charge in [0.15, 0.2) is 5.69 Å².